The van der Waals surface area contributed by atoms with Crippen molar-refractivity contribution in [2.24, 2.45) is 0 Å². The fourth-order valence-corrected chi connectivity index (χ4v) is 3.24. The molecule has 0 radical (unpaired) electrons. The molecule has 0 aliphatic heterocycles. The number of pyridine rings is 1. The maximum atomic E-state index is 11.8. The fourth-order valence-electron chi connectivity index (χ4n) is 3.24. The van der Waals surface area contributed by atoms with E-state index in [9.17, 15) is 10.0 Å². The smallest absolute Gasteiger partial charge is 0.283 e. The molecule has 0 aliphatic carbocycles. The van der Waals surface area contributed by atoms with Gasteiger partial charge in [-0.2, -0.15) is 0 Å². The lowest BCUT2D eigenvalue weighted by Crippen LogP contribution is -2.18. The van der Waals surface area contributed by atoms with E-state index in [-0.39, 0.29) is 0 Å². The van der Waals surface area contributed by atoms with Gasteiger partial charge in [-0.1, -0.05) is 54.6 Å². The number of hydrogen-bond acceptors (Lipinski definition) is 2. The van der Waals surface area contributed by atoms with E-state index in [1.54, 1.807) is 12.1 Å². The first-order chi connectivity index (χ1) is 12.1. The van der Waals surface area contributed by atoms with Crippen LogP contribution in [0, 0.1) is 6.92 Å². The van der Waals surface area contributed by atoms with Crippen molar-refractivity contribution in [3.8, 4) is 0 Å². The van der Waals surface area contributed by atoms with Gasteiger partial charge in [0, 0.05) is 6.07 Å². The molecule has 0 spiro atoms. The van der Waals surface area contributed by atoms with Gasteiger partial charge in [0.2, 0.25) is 0 Å². The molecule has 0 aliphatic rings. The van der Waals surface area contributed by atoms with Crippen LogP contribution >= 0.6 is 0 Å². The van der Waals surface area contributed by atoms with Crippen LogP contribution in [0.3, 0.4) is 0 Å². The van der Waals surface area contributed by atoms with Gasteiger partial charge in [0.05, 0.1) is 5.69 Å². The zero-order valence-electron chi connectivity index (χ0n) is 13.8. The Morgan fingerprint density at radius 2 is 1.44 bits per heavy atom. The van der Waals surface area contributed by atoms with Crippen molar-refractivity contribution in [3.05, 3.63) is 93.9 Å². The molecule has 0 amide bonds. The van der Waals surface area contributed by atoms with E-state index in [0.717, 1.165) is 32.7 Å². The largest absolute Gasteiger partial charge is 0.425 e. The monoisotopic (exact) mass is 327 g/mol. The molecule has 25 heavy (non-hydrogen) atoms. The first kappa shape index (κ1) is 15.2. The summed E-state index contributed by atoms with van der Waals surface area (Å²) < 4.78 is 0.677. The third-order valence-electron chi connectivity index (χ3n) is 4.41. The van der Waals surface area contributed by atoms with Crippen molar-refractivity contribution < 1.29 is 5.21 Å². The molecule has 1 aromatic heterocycles. The Balaban J connectivity index is 1.98. The van der Waals surface area contributed by atoms with Gasteiger partial charge in [0.25, 0.3) is 5.56 Å². The lowest BCUT2D eigenvalue weighted by molar-refractivity contribution is 0.172. The molecule has 3 aromatic carbocycles. The fraction of sp³-hybridized carbons (Fsp3) is 0.0455. The Morgan fingerprint density at radius 3 is 2.08 bits per heavy atom. The summed E-state index contributed by atoms with van der Waals surface area (Å²) in [5.41, 5.74) is 1.92. The molecule has 1 heterocycles. The molecular formula is C22H17NO2. The third-order valence-corrected chi connectivity index (χ3v) is 4.41. The van der Waals surface area contributed by atoms with Crippen LogP contribution in [0.25, 0.3) is 33.7 Å². The summed E-state index contributed by atoms with van der Waals surface area (Å²) in [5, 5.41) is 14.6. The second-order valence-electron chi connectivity index (χ2n) is 6.17. The molecule has 0 fully saturated rings. The topological polar surface area (TPSA) is 42.2 Å². The average Bonchev–Trinajstić information content (AvgIpc) is 2.62. The van der Waals surface area contributed by atoms with Crippen LogP contribution in [0.1, 0.15) is 16.8 Å². The molecule has 1 N–H and O–H groups in total. The SMILES string of the molecule is Cc1cc(/C=C/c2c3ccccc3cc3ccccc23)n(O)c(=O)c1. The van der Waals surface area contributed by atoms with E-state index in [2.05, 4.69) is 30.3 Å². The Bertz CT molecular complexity index is 1130. The standard InChI is InChI=1S/C22H17NO2/c1-15-12-18(23(25)22(24)13-15)10-11-21-19-8-4-2-6-16(19)14-17-7-3-5-9-20(17)21/h2-14,25H,1H3/b11-10+. The highest BCUT2D eigenvalue weighted by Gasteiger charge is 2.06. The first-order valence-corrected chi connectivity index (χ1v) is 8.15. The van der Waals surface area contributed by atoms with Gasteiger partial charge in [-0.15, -0.1) is 4.73 Å². The summed E-state index contributed by atoms with van der Waals surface area (Å²) in [6, 6.07) is 21.8. The van der Waals surface area contributed by atoms with E-state index in [4.69, 9.17) is 0 Å². The molecular weight excluding hydrogens is 310 g/mol. The molecule has 0 saturated carbocycles. The van der Waals surface area contributed by atoms with Crippen molar-refractivity contribution in [2.45, 2.75) is 6.92 Å². The first-order valence-electron chi connectivity index (χ1n) is 8.15. The number of aryl methyl sites for hydroxylation is 1. The quantitative estimate of drug-likeness (QED) is 0.421. The molecule has 0 bridgehead atoms. The molecule has 4 aromatic rings. The van der Waals surface area contributed by atoms with Crippen molar-refractivity contribution in [3.63, 3.8) is 0 Å². The van der Waals surface area contributed by atoms with Crippen molar-refractivity contribution in [2.75, 3.05) is 0 Å². The second-order valence-corrected chi connectivity index (χ2v) is 6.17. The Labute approximate surface area is 145 Å². The number of benzene rings is 3. The zero-order chi connectivity index (χ0) is 17.4. The predicted molar refractivity (Wildman–Crippen MR) is 103 cm³/mol. The molecule has 0 saturated heterocycles. The van der Waals surface area contributed by atoms with Crippen LogP contribution in [0.15, 0.2) is 71.5 Å². The minimum absolute atomic E-state index is 0.428. The van der Waals surface area contributed by atoms with Gasteiger partial charge in [-0.3, -0.25) is 4.79 Å². The second kappa shape index (κ2) is 5.95. The summed E-state index contributed by atoms with van der Waals surface area (Å²) >= 11 is 0. The summed E-state index contributed by atoms with van der Waals surface area (Å²) in [5.74, 6) is 0. The summed E-state index contributed by atoms with van der Waals surface area (Å²) in [7, 11) is 0. The molecule has 3 heteroatoms. The number of fused-ring (bicyclic) bond motifs is 2. The number of rotatable bonds is 2. The van der Waals surface area contributed by atoms with Crippen LogP contribution in [0.4, 0.5) is 0 Å². The third kappa shape index (κ3) is 2.70. The number of nitrogens with zero attached hydrogens (tertiary/aromatic N) is 1. The molecule has 122 valence electrons. The van der Waals surface area contributed by atoms with E-state index in [1.807, 2.05) is 37.3 Å². The van der Waals surface area contributed by atoms with Crippen molar-refractivity contribution >= 4 is 33.7 Å². The predicted octanol–water partition coefficient (Wildman–Crippen LogP) is 4.87. The van der Waals surface area contributed by atoms with Gasteiger partial charge in [0.15, 0.2) is 0 Å². The lowest BCUT2D eigenvalue weighted by atomic mass is 9.96. The Kier molecular flexibility index (Phi) is 3.62. The van der Waals surface area contributed by atoms with E-state index >= 15 is 0 Å². The van der Waals surface area contributed by atoms with Crippen LogP contribution < -0.4 is 5.56 Å². The van der Waals surface area contributed by atoms with E-state index in [1.165, 1.54) is 6.07 Å². The minimum Gasteiger partial charge on any atom is -0.425 e. The molecule has 0 unspecified atom stereocenters. The normalized spacial score (nSPS) is 11.6. The van der Waals surface area contributed by atoms with Crippen molar-refractivity contribution in [1.82, 2.24) is 4.73 Å². The Hall–Kier alpha value is -3.33. The summed E-state index contributed by atoms with van der Waals surface area (Å²) in [4.78, 5) is 11.8. The highest BCUT2D eigenvalue weighted by atomic mass is 16.5. The van der Waals surface area contributed by atoms with Gasteiger partial charge < -0.3 is 5.21 Å². The van der Waals surface area contributed by atoms with Gasteiger partial charge in [0.1, 0.15) is 0 Å². The van der Waals surface area contributed by atoms with Crippen LogP contribution in [0.2, 0.25) is 0 Å². The summed E-state index contributed by atoms with van der Waals surface area (Å²) in [6.45, 7) is 1.84. The van der Waals surface area contributed by atoms with Crippen LogP contribution in [-0.4, -0.2) is 9.94 Å². The van der Waals surface area contributed by atoms with Gasteiger partial charge in [-0.25, -0.2) is 0 Å². The average molecular weight is 327 g/mol. The Morgan fingerprint density at radius 1 is 0.840 bits per heavy atom. The van der Waals surface area contributed by atoms with Crippen LogP contribution in [-0.2, 0) is 0 Å². The zero-order valence-corrected chi connectivity index (χ0v) is 13.8. The lowest BCUT2D eigenvalue weighted by Gasteiger charge is -2.09. The van der Waals surface area contributed by atoms with E-state index in [0.29, 0.717) is 10.4 Å². The maximum absolute atomic E-state index is 11.8. The number of hydrogen-bond donors (Lipinski definition) is 1. The van der Waals surface area contributed by atoms with Crippen LogP contribution in [0.5, 0.6) is 0 Å². The van der Waals surface area contributed by atoms with Crippen molar-refractivity contribution in [1.29, 1.82) is 0 Å². The minimum atomic E-state index is -0.428. The highest BCUT2D eigenvalue weighted by molar-refractivity contribution is 6.07. The summed E-state index contributed by atoms with van der Waals surface area (Å²) in [6.07, 6.45) is 3.74. The van der Waals surface area contributed by atoms with E-state index < -0.39 is 5.56 Å². The highest BCUT2D eigenvalue weighted by Crippen LogP contribution is 2.29. The molecule has 3 nitrogen and oxygen atoms in total. The maximum Gasteiger partial charge on any atom is 0.283 e. The molecule has 0 atom stereocenters. The van der Waals surface area contributed by atoms with Gasteiger partial charge in [-0.05, 0) is 57.8 Å². The van der Waals surface area contributed by atoms with Gasteiger partial charge >= 0.3 is 0 Å². The number of aromatic nitrogens is 1. The molecule has 4 rings (SSSR count).